The molecule has 1 saturated carbocycles. The Bertz CT molecular complexity index is 597. The van der Waals surface area contributed by atoms with E-state index in [1.54, 1.807) is 18.3 Å². The van der Waals surface area contributed by atoms with Crippen molar-refractivity contribution in [2.24, 2.45) is 5.92 Å². The summed E-state index contributed by atoms with van der Waals surface area (Å²) < 4.78 is 5.11. The summed E-state index contributed by atoms with van der Waals surface area (Å²) in [6.45, 7) is 1.66. The van der Waals surface area contributed by atoms with Gasteiger partial charge in [-0.25, -0.2) is 4.79 Å². The average Bonchev–Trinajstić information content (AvgIpc) is 3.17. The van der Waals surface area contributed by atoms with Crippen LogP contribution in [0.15, 0.2) is 17.5 Å². The zero-order valence-electron chi connectivity index (χ0n) is 12.3. The van der Waals surface area contributed by atoms with E-state index in [4.69, 9.17) is 4.74 Å². The lowest BCUT2D eigenvalue weighted by molar-refractivity contribution is -0.147. The van der Waals surface area contributed by atoms with Crippen molar-refractivity contribution in [2.45, 2.75) is 31.7 Å². The van der Waals surface area contributed by atoms with Gasteiger partial charge in [0.15, 0.2) is 0 Å². The van der Waals surface area contributed by atoms with E-state index in [0.717, 1.165) is 22.6 Å². The van der Waals surface area contributed by atoms with Crippen molar-refractivity contribution in [1.82, 2.24) is 10.2 Å². The van der Waals surface area contributed by atoms with Gasteiger partial charge in [-0.2, -0.15) is 0 Å². The van der Waals surface area contributed by atoms with Gasteiger partial charge in [0.05, 0.1) is 6.61 Å². The molecule has 1 atom stereocenters. The summed E-state index contributed by atoms with van der Waals surface area (Å²) in [6, 6.07) is 3.40. The first-order chi connectivity index (χ1) is 10.5. The van der Waals surface area contributed by atoms with Gasteiger partial charge in [0.1, 0.15) is 12.1 Å². The number of ether oxygens (including phenoxy) is 1. The van der Waals surface area contributed by atoms with Gasteiger partial charge in [0.2, 0.25) is 0 Å². The molecular formula is C15H18N2O4S. The van der Waals surface area contributed by atoms with Crippen LogP contribution >= 0.6 is 11.3 Å². The third-order valence-corrected chi connectivity index (χ3v) is 5.11. The van der Waals surface area contributed by atoms with Gasteiger partial charge < -0.3 is 10.1 Å². The summed E-state index contributed by atoms with van der Waals surface area (Å²) in [6.07, 6.45) is 2.51. The van der Waals surface area contributed by atoms with E-state index in [9.17, 15) is 14.4 Å². The lowest BCUT2D eigenvalue weighted by Gasteiger charge is -2.20. The SMILES string of the molecule is CC1(C2CC2)NC(=O)N(CC(=O)OCCc2cccs2)C1=O. The highest BCUT2D eigenvalue weighted by Crippen LogP contribution is 2.42. The maximum Gasteiger partial charge on any atom is 0.326 e. The summed E-state index contributed by atoms with van der Waals surface area (Å²) >= 11 is 1.60. The second-order valence-electron chi connectivity index (χ2n) is 5.85. The quantitative estimate of drug-likeness (QED) is 0.637. The molecule has 2 fully saturated rings. The number of hydrogen-bond donors (Lipinski definition) is 1. The highest BCUT2D eigenvalue weighted by molar-refractivity contribution is 7.09. The maximum absolute atomic E-state index is 12.4. The van der Waals surface area contributed by atoms with Crippen molar-refractivity contribution in [3.8, 4) is 0 Å². The molecule has 1 aliphatic carbocycles. The number of hydrogen-bond acceptors (Lipinski definition) is 5. The standard InChI is InChI=1S/C15H18N2O4S/c1-15(10-4-5-10)13(19)17(14(20)16-15)9-12(18)21-7-6-11-3-2-8-22-11/h2-3,8,10H,4-7,9H2,1H3,(H,16,20). The highest BCUT2D eigenvalue weighted by Gasteiger charge is 2.56. The van der Waals surface area contributed by atoms with Gasteiger partial charge in [-0.05, 0) is 37.1 Å². The van der Waals surface area contributed by atoms with E-state index < -0.39 is 17.5 Å². The van der Waals surface area contributed by atoms with Gasteiger partial charge in [0.25, 0.3) is 5.91 Å². The molecule has 7 heteroatoms. The van der Waals surface area contributed by atoms with Crippen LogP contribution in [-0.4, -0.2) is 41.5 Å². The fraction of sp³-hybridized carbons (Fsp3) is 0.533. The van der Waals surface area contributed by atoms with Crippen molar-refractivity contribution in [1.29, 1.82) is 0 Å². The smallest absolute Gasteiger partial charge is 0.326 e. The number of imide groups is 1. The number of esters is 1. The van der Waals surface area contributed by atoms with Crippen LogP contribution in [0.2, 0.25) is 0 Å². The molecule has 3 amide bonds. The molecule has 1 unspecified atom stereocenters. The first-order valence-electron chi connectivity index (χ1n) is 7.33. The zero-order valence-corrected chi connectivity index (χ0v) is 13.1. The average molecular weight is 322 g/mol. The van der Waals surface area contributed by atoms with Crippen molar-refractivity contribution < 1.29 is 19.1 Å². The zero-order chi connectivity index (χ0) is 15.7. The van der Waals surface area contributed by atoms with Crippen molar-refractivity contribution >= 4 is 29.2 Å². The van der Waals surface area contributed by atoms with E-state index in [-0.39, 0.29) is 25.0 Å². The molecule has 1 aromatic heterocycles. The van der Waals surface area contributed by atoms with Crippen LogP contribution in [0.1, 0.15) is 24.6 Å². The molecule has 1 aromatic rings. The van der Waals surface area contributed by atoms with Crippen LogP contribution in [-0.2, 0) is 20.7 Å². The number of carbonyl (C=O) groups is 3. The van der Waals surface area contributed by atoms with E-state index in [1.165, 1.54) is 0 Å². The van der Waals surface area contributed by atoms with E-state index in [0.29, 0.717) is 6.42 Å². The maximum atomic E-state index is 12.4. The van der Waals surface area contributed by atoms with Crippen molar-refractivity contribution in [3.05, 3.63) is 22.4 Å². The minimum Gasteiger partial charge on any atom is -0.464 e. The predicted octanol–water partition coefficient (Wildman–Crippen LogP) is 1.55. The van der Waals surface area contributed by atoms with E-state index in [2.05, 4.69) is 5.32 Å². The molecule has 0 bridgehead atoms. The lowest BCUT2D eigenvalue weighted by Crippen LogP contribution is -2.46. The van der Waals surface area contributed by atoms with Crippen LogP contribution in [0, 0.1) is 5.92 Å². The molecule has 1 aliphatic heterocycles. The number of nitrogens with zero attached hydrogens (tertiary/aromatic N) is 1. The van der Waals surface area contributed by atoms with Gasteiger partial charge in [-0.1, -0.05) is 6.07 Å². The molecule has 2 aliphatic rings. The molecular weight excluding hydrogens is 304 g/mol. The number of urea groups is 1. The van der Waals surface area contributed by atoms with E-state index >= 15 is 0 Å². The summed E-state index contributed by atoms with van der Waals surface area (Å²) in [5.74, 6) is -0.695. The van der Waals surface area contributed by atoms with Gasteiger partial charge in [0, 0.05) is 11.3 Å². The van der Waals surface area contributed by atoms with Crippen molar-refractivity contribution in [2.75, 3.05) is 13.2 Å². The van der Waals surface area contributed by atoms with Gasteiger partial charge in [-0.3, -0.25) is 14.5 Å². The second-order valence-corrected chi connectivity index (χ2v) is 6.88. The highest BCUT2D eigenvalue weighted by atomic mass is 32.1. The molecule has 0 spiro atoms. The monoisotopic (exact) mass is 322 g/mol. The van der Waals surface area contributed by atoms with Crippen molar-refractivity contribution in [3.63, 3.8) is 0 Å². The Hall–Kier alpha value is -1.89. The fourth-order valence-corrected chi connectivity index (χ4v) is 3.38. The number of rotatable bonds is 6. The Morgan fingerprint density at radius 2 is 2.27 bits per heavy atom. The predicted molar refractivity (Wildman–Crippen MR) is 80.4 cm³/mol. The summed E-state index contributed by atoms with van der Waals surface area (Å²) in [4.78, 5) is 38.2. The first kappa shape index (κ1) is 15.0. The summed E-state index contributed by atoms with van der Waals surface area (Å²) in [5.41, 5.74) is -0.853. The molecule has 1 saturated heterocycles. The third-order valence-electron chi connectivity index (χ3n) is 4.17. The second kappa shape index (κ2) is 5.72. The van der Waals surface area contributed by atoms with Crippen LogP contribution in [0.5, 0.6) is 0 Å². The van der Waals surface area contributed by atoms with Gasteiger partial charge >= 0.3 is 12.0 Å². The molecule has 6 nitrogen and oxygen atoms in total. The number of carbonyl (C=O) groups excluding carboxylic acids is 3. The Morgan fingerprint density at radius 3 is 2.91 bits per heavy atom. The van der Waals surface area contributed by atoms with Crippen LogP contribution in [0.25, 0.3) is 0 Å². The third kappa shape index (κ3) is 2.85. The largest absolute Gasteiger partial charge is 0.464 e. The molecule has 0 aromatic carbocycles. The molecule has 1 N–H and O–H groups in total. The Balaban J connectivity index is 1.50. The fourth-order valence-electron chi connectivity index (χ4n) is 2.69. The number of nitrogens with one attached hydrogen (secondary N) is 1. The Kier molecular flexibility index (Phi) is 3.90. The summed E-state index contributed by atoms with van der Waals surface area (Å²) in [7, 11) is 0. The normalized spacial score (nSPS) is 24.5. The molecule has 2 heterocycles. The Morgan fingerprint density at radius 1 is 1.50 bits per heavy atom. The molecule has 3 rings (SSSR count). The molecule has 0 radical (unpaired) electrons. The lowest BCUT2D eigenvalue weighted by atomic mass is 9.96. The van der Waals surface area contributed by atoms with Crippen LogP contribution in [0.3, 0.4) is 0 Å². The first-order valence-corrected chi connectivity index (χ1v) is 8.21. The minimum absolute atomic E-state index is 0.184. The topological polar surface area (TPSA) is 75.7 Å². The Labute approximate surface area is 132 Å². The van der Waals surface area contributed by atoms with Crippen LogP contribution < -0.4 is 5.32 Å². The summed E-state index contributed by atoms with van der Waals surface area (Å²) in [5, 5.41) is 4.67. The van der Waals surface area contributed by atoms with Gasteiger partial charge in [-0.15, -0.1) is 11.3 Å². The van der Waals surface area contributed by atoms with Crippen LogP contribution in [0.4, 0.5) is 4.79 Å². The molecule has 118 valence electrons. The number of amides is 3. The number of thiophene rings is 1. The van der Waals surface area contributed by atoms with E-state index in [1.807, 2.05) is 17.5 Å². The minimum atomic E-state index is -0.853. The molecule has 22 heavy (non-hydrogen) atoms.